The molecule has 0 atom stereocenters. The van der Waals surface area contributed by atoms with Crippen molar-refractivity contribution in [3.8, 4) is 11.5 Å². The van der Waals surface area contributed by atoms with E-state index in [1.54, 1.807) is 48.5 Å². The summed E-state index contributed by atoms with van der Waals surface area (Å²) in [5.41, 5.74) is 1.91. The first kappa shape index (κ1) is 18.2. The molecular weight excluding hydrogens is 420 g/mol. The fraction of sp³-hybridized carbons (Fsp3) is 0.0435. The Labute approximate surface area is 170 Å². The van der Waals surface area contributed by atoms with Crippen LogP contribution in [0.5, 0.6) is 11.5 Å². The van der Waals surface area contributed by atoms with Gasteiger partial charge in [-0.2, -0.15) is 0 Å². The van der Waals surface area contributed by atoms with Gasteiger partial charge in [-0.25, -0.2) is 0 Å². The highest BCUT2D eigenvalue weighted by atomic mass is 79.9. The molecule has 3 aromatic rings. The first-order valence-corrected chi connectivity index (χ1v) is 9.45. The van der Waals surface area contributed by atoms with Crippen LogP contribution in [-0.4, -0.2) is 18.2 Å². The van der Waals surface area contributed by atoms with Gasteiger partial charge in [-0.05, 0) is 29.8 Å². The van der Waals surface area contributed by atoms with Crippen LogP contribution in [-0.2, 0) is 0 Å². The van der Waals surface area contributed by atoms with Crippen molar-refractivity contribution >= 4 is 33.6 Å². The molecule has 5 heteroatoms. The molecule has 1 heterocycles. The lowest BCUT2D eigenvalue weighted by atomic mass is 10.1. The Morgan fingerprint density at radius 2 is 1.75 bits per heavy atom. The maximum atomic E-state index is 12.6. The van der Waals surface area contributed by atoms with Crippen molar-refractivity contribution in [1.29, 1.82) is 0 Å². The average Bonchev–Trinajstić information content (AvgIpc) is 3.03. The van der Waals surface area contributed by atoms with Gasteiger partial charge in [0.05, 0.1) is 5.56 Å². The zero-order chi connectivity index (χ0) is 19.5. The number of hydrogen-bond donors (Lipinski definition) is 0. The first-order valence-electron chi connectivity index (χ1n) is 8.66. The van der Waals surface area contributed by atoms with Crippen LogP contribution in [0.1, 0.15) is 26.3 Å². The van der Waals surface area contributed by atoms with Crippen LogP contribution < -0.4 is 9.47 Å². The third kappa shape index (κ3) is 3.75. The molecule has 4 nitrogen and oxygen atoms in total. The van der Waals surface area contributed by atoms with Gasteiger partial charge >= 0.3 is 0 Å². The van der Waals surface area contributed by atoms with Crippen LogP contribution >= 0.6 is 15.9 Å². The van der Waals surface area contributed by atoms with E-state index >= 15 is 0 Å². The van der Waals surface area contributed by atoms with Crippen LogP contribution in [0.2, 0.25) is 0 Å². The highest BCUT2D eigenvalue weighted by Crippen LogP contribution is 2.35. The highest BCUT2D eigenvalue weighted by Gasteiger charge is 2.28. The molecule has 0 aliphatic carbocycles. The van der Waals surface area contributed by atoms with Gasteiger partial charge in [0.25, 0.3) is 0 Å². The predicted molar refractivity (Wildman–Crippen MR) is 110 cm³/mol. The summed E-state index contributed by atoms with van der Waals surface area (Å²) in [5.74, 6) is 0.843. The van der Waals surface area contributed by atoms with Gasteiger partial charge < -0.3 is 9.47 Å². The Kier molecular flexibility index (Phi) is 5.08. The number of benzene rings is 3. The summed E-state index contributed by atoms with van der Waals surface area (Å²) < 4.78 is 12.2. The summed E-state index contributed by atoms with van der Waals surface area (Å²) >= 11 is 3.46. The summed E-state index contributed by atoms with van der Waals surface area (Å²) in [6.45, 7) is -0.0869. The van der Waals surface area contributed by atoms with E-state index in [0.717, 1.165) is 10.0 Å². The standard InChI is InChI=1S/C23H15BrO4/c24-19-9-5-4-8-16(19)12-22-23(26)18-11-10-17(13-21(18)28-22)27-14-20(25)15-6-2-1-3-7-15/h1-13H,14H2. The number of halogens is 1. The molecule has 0 saturated heterocycles. The monoisotopic (exact) mass is 434 g/mol. The molecule has 0 spiro atoms. The fourth-order valence-electron chi connectivity index (χ4n) is 2.85. The summed E-state index contributed by atoms with van der Waals surface area (Å²) in [6, 6.07) is 21.5. The largest absolute Gasteiger partial charge is 0.485 e. The van der Waals surface area contributed by atoms with E-state index in [1.165, 1.54) is 0 Å². The van der Waals surface area contributed by atoms with Crippen molar-refractivity contribution < 1.29 is 19.1 Å². The van der Waals surface area contributed by atoms with Crippen LogP contribution in [0.25, 0.3) is 6.08 Å². The van der Waals surface area contributed by atoms with Crippen molar-refractivity contribution in [2.75, 3.05) is 6.61 Å². The highest BCUT2D eigenvalue weighted by molar-refractivity contribution is 9.10. The number of rotatable bonds is 5. The van der Waals surface area contributed by atoms with Crippen LogP contribution in [0.15, 0.2) is 83.0 Å². The van der Waals surface area contributed by atoms with Gasteiger partial charge in [0.1, 0.15) is 11.5 Å². The number of allylic oxidation sites excluding steroid dienone is 1. The predicted octanol–water partition coefficient (Wildman–Crippen LogP) is 5.33. The van der Waals surface area contributed by atoms with Crippen molar-refractivity contribution in [3.63, 3.8) is 0 Å². The zero-order valence-electron chi connectivity index (χ0n) is 14.7. The van der Waals surface area contributed by atoms with Crippen LogP contribution in [0, 0.1) is 0 Å². The Balaban J connectivity index is 1.50. The summed E-state index contributed by atoms with van der Waals surface area (Å²) in [6.07, 6.45) is 1.70. The minimum absolute atomic E-state index is 0.0869. The van der Waals surface area contributed by atoms with E-state index in [0.29, 0.717) is 22.6 Å². The molecule has 1 aliphatic heterocycles. The van der Waals surface area contributed by atoms with E-state index in [1.807, 2.05) is 30.3 Å². The maximum Gasteiger partial charge on any atom is 0.231 e. The molecule has 0 aromatic heterocycles. The second kappa shape index (κ2) is 7.82. The minimum atomic E-state index is -0.183. The van der Waals surface area contributed by atoms with E-state index in [9.17, 15) is 9.59 Å². The number of ketones is 2. The summed E-state index contributed by atoms with van der Waals surface area (Å²) in [5, 5.41) is 0. The molecule has 0 saturated carbocycles. The van der Waals surface area contributed by atoms with E-state index in [2.05, 4.69) is 15.9 Å². The van der Waals surface area contributed by atoms with E-state index in [4.69, 9.17) is 9.47 Å². The Bertz CT molecular complexity index is 1090. The third-order valence-electron chi connectivity index (χ3n) is 4.30. The number of fused-ring (bicyclic) bond motifs is 1. The van der Waals surface area contributed by atoms with E-state index < -0.39 is 0 Å². The van der Waals surface area contributed by atoms with Gasteiger partial charge in [0.15, 0.2) is 18.1 Å². The van der Waals surface area contributed by atoms with Crippen LogP contribution in [0.4, 0.5) is 0 Å². The number of carbonyl (C=O) groups is 2. The SMILES string of the molecule is O=C(COc1ccc2c(c1)OC(=Cc1ccccc1Br)C2=O)c1ccccc1. The fourth-order valence-corrected chi connectivity index (χ4v) is 3.25. The van der Waals surface area contributed by atoms with Gasteiger partial charge in [-0.3, -0.25) is 9.59 Å². The molecule has 4 rings (SSSR count). The molecule has 0 amide bonds. The number of hydrogen-bond acceptors (Lipinski definition) is 4. The smallest absolute Gasteiger partial charge is 0.231 e. The topological polar surface area (TPSA) is 52.6 Å². The molecular formula is C23H15BrO4. The lowest BCUT2D eigenvalue weighted by Gasteiger charge is -2.07. The third-order valence-corrected chi connectivity index (χ3v) is 5.02. The first-order chi connectivity index (χ1) is 13.6. The summed E-state index contributed by atoms with van der Waals surface area (Å²) in [4.78, 5) is 24.7. The van der Waals surface area contributed by atoms with Crippen molar-refractivity contribution in [2.45, 2.75) is 0 Å². The van der Waals surface area contributed by atoms with Gasteiger partial charge in [-0.1, -0.05) is 64.5 Å². The second-order valence-corrected chi connectivity index (χ2v) is 7.05. The second-order valence-electron chi connectivity index (χ2n) is 6.20. The van der Waals surface area contributed by atoms with E-state index in [-0.39, 0.29) is 23.9 Å². The Morgan fingerprint density at radius 1 is 1.00 bits per heavy atom. The van der Waals surface area contributed by atoms with Gasteiger partial charge in [0, 0.05) is 16.1 Å². The average molecular weight is 435 g/mol. The van der Waals surface area contributed by atoms with Crippen molar-refractivity contribution in [2.24, 2.45) is 0 Å². The number of carbonyl (C=O) groups excluding carboxylic acids is 2. The minimum Gasteiger partial charge on any atom is -0.485 e. The van der Waals surface area contributed by atoms with Gasteiger partial charge in [0.2, 0.25) is 5.78 Å². The Morgan fingerprint density at radius 3 is 2.54 bits per heavy atom. The summed E-state index contributed by atoms with van der Waals surface area (Å²) in [7, 11) is 0. The molecule has 138 valence electrons. The van der Waals surface area contributed by atoms with Crippen molar-refractivity contribution in [1.82, 2.24) is 0 Å². The quantitative estimate of drug-likeness (QED) is 0.402. The number of ether oxygens (including phenoxy) is 2. The molecule has 0 fully saturated rings. The molecule has 0 radical (unpaired) electrons. The van der Waals surface area contributed by atoms with Crippen LogP contribution in [0.3, 0.4) is 0 Å². The normalized spacial score (nSPS) is 13.9. The molecule has 1 aliphatic rings. The molecule has 3 aromatic carbocycles. The molecule has 28 heavy (non-hydrogen) atoms. The Hall–Kier alpha value is -3.18. The lowest BCUT2D eigenvalue weighted by Crippen LogP contribution is -2.11. The lowest BCUT2D eigenvalue weighted by molar-refractivity contribution is 0.0921. The maximum absolute atomic E-state index is 12.6. The van der Waals surface area contributed by atoms with Gasteiger partial charge in [-0.15, -0.1) is 0 Å². The molecule has 0 N–H and O–H groups in total. The zero-order valence-corrected chi connectivity index (χ0v) is 16.3. The molecule has 0 bridgehead atoms. The van der Waals surface area contributed by atoms with Crippen molar-refractivity contribution in [3.05, 3.63) is 99.7 Å². The number of Topliss-reactive ketones (excluding diaryl/α,β-unsaturated/α-hetero) is 2. The molecule has 0 unspecified atom stereocenters.